The first-order valence-corrected chi connectivity index (χ1v) is 19.2. The molecule has 2 aliphatic rings. The third-order valence-corrected chi connectivity index (χ3v) is 11.0. The van der Waals surface area contributed by atoms with Gasteiger partial charge in [-0.2, -0.15) is 0 Å². The van der Waals surface area contributed by atoms with Gasteiger partial charge in [0.05, 0.1) is 60.1 Å². The van der Waals surface area contributed by atoms with Gasteiger partial charge in [0, 0.05) is 48.3 Å². The molecule has 4 amide bonds. The van der Waals surface area contributed by atoms with Crippen LogP contribution in [0.15, 0.2) is 118 Å². The minimum atomic E-state index is -0.642. The summed E-state index contributed by atoms with van der Waals surface area (Å²) in [4.78, 5) is 59.4. The van der Waals surface area contributed by atoms with Gasteiger partial charge in [-0.25, -0.2) is 0 Å². The molecule has 0 fully saturated rings. The molecule has 0 spiro atoms. The van der Waals surface area contributed by atoms with Gasteiger partial charge < -0.3 is 30.2 Å². The molecule has 16 nitrogen and oxygen atoms in total. The standard InChI is InChI=1S/C44H36N8O8/c53-21-17-49(18-22-54)27-5-1-25(2-6-27)45-47-51-41(57)33-13-9-29-31-11-15-35-40-36(16-12-32(38(31)40)30-10-14-34(42(51)58)39(33)37(29)30)44(60)52(43(35)59)48-46-26-3-7-28(8-4-26)50(19-23-55)20-24-56/h1-16,53-56H,17-24H2. The number of fused-ring (bicyclic) bond motifs is 2. The van der Waals surface area contributed by atoms with E-state index < -0.39 is 23.6 Å². The number of amides is 4. The van der Waals surface area contributed by atoms with Crippen molar-refractivity contribution in [1.29, 1.82) is 0 Å². The van der Waals surface area contributed by atoms with E-state index in [0.29, 0.717) is 59.1 Å². The lowest BCUT2D eigenvalue weighted by Crippen LogP contribution is -2.36. The topological polar surface area (TPSA) is 212 Å². The van der Waals surface area contributed by atoms with Crippen LogP contribution in [0, 0.1) is 0 Å². The van der Waals surface area contributed by atoms with Crippen LogP contribution >= 0.6 is 0 Å². The predicted octanol–water partition coefficient (Wildman–Crippen LogP) is 5.91. The Kier molecular flexibility index (Phi) is 9.89. The first kappa shape index (κ1) is 38.3. The van der Waals surface area contributed by atoms with Crippen LogP contribution in [0.3, 0.4) is 0 Å². The number of hydrogen-bond acceptors (Lipinski definition) is 14. The Morgan fingerprint density at radius 3 is 0.933 bits per heavy atom. The Balaban J connectivity index is 1.05. The van der Waals surface area contributed by atoms with Gasteiger partial charge >= 0.3 is 0 Å². The van der Waals surface area contributed by atoms with E-state index in [2.05, 4.69) is 20.7 Å². The van der Waals surface area contributed by atoms with Crippen molar-refractivity contribution >= 4 is 89.5 Å². The number of aliphatic hydroxyl groups is 4. The van der Waals surface area contributed by atoms with Gasteiger partial charge in [0.15, 0.2) is 0 Å². The molecule has 2 heterocycles. The monoisotopic (exact) mass is 804 g/mol. The van der Waals surface area contributed by atoms with E-state index >= 15 is 0 Å². The second-order valence-electron chi connectivity index (χ2n) is 14.3. The number of benzene rings is 7. The van der Waals surface area contributed by atoms with Crippen molar-refractivity contribution in [2.45, 2.75) is 0 Å². The van der Waals surface area contributed by atoms with E-state index in [1.165, 1.54) is 0 Å². The van der Waals surface area contributed by atoms with Crippen molar-refractivity contribution in [2.24, 2.45) is 20.7 Å². The molecule has 7 aromatic rings. The molecule has 0 bridgehead atoms. The molecule has 9 rings (SSSR count). The van der Waals surface area contributed by atoms with Gasteiger partial charge in [0.2, 0.25) is 0 Å². The molecule has 60 heavy (non-hydrogen) atoms. The van der Waals surface area contributed by atoms with Gasteiger partial charge in [0.25, 0.3) is 23.6 Å². The summed E-state index contributed by atoms with van der Waals surface area (Å²) in [6.07, 6.45) is 0. The SMILES string of the molecule is O=C1c2ccc3c4ccc5c6c(ccc(c7ccc(c2c37)C(=O)N1N=Nc1ccc(N(CCO)CCO)cc1)c64)C(=O)N(N=Nc1ccc(N(CCO)CCO)cc1)C5=O. The number of imide groups is 2. The highest BCUT2D eigenvalue weighted by Crippen LogP contribution is 2.46. The predicted molar refractivity (Wildman–Crippen MR) is 223 cm³/mol. The maximum absolute atomic E-state index is 13.9. The zero-order valence-corrected chi connectivity index (χ0v) is 31.9. The second-order valence-corrected chi connectivity index (χ2v) is 14.3. The van der Waals surface area contributed by atoms with Crippen LogP contribution in [0.5, 0.6) is 0 Å². The molecule has 0 atom stereocenters. The zero-order chi connectivity index (χ0) is 41.7. The summed E-state index contributed by atoms with van der Waals surface area (Å²) in [6, 6.07) is 27.4. The molecule has 0 saturated carbocycles. The number of carbonyl (C=O) groups is 4. The maximum Gasteiger partial charge on any atom is 0.283 e. The van der Waals surface area contributed by atoms with Crippen LogP contribution in [0.1, 0.15) is 41.4 Å². The molecule has 0 aliphatic carbocycles. The molecule has 300 valence electrons. The highest BCUT2D eigenvalue weighted by atomic mass is 16.3. The third-order valence-electron chi connectivity index (χ3n) is 11.0. The minimum Gasteiger partial charge on any atom is -0.395 e. The van der Waals surface area contributed by atoms with E-state index in [1.54, 1.807) is 107 Å². The van der Waals surface area contributed by atoms with Crippen LogP contribution in [0.25, 0.3) is 43.1 Å². The summed E-state index contributed by atoms with van der Waals surface area (Å²) in [5.41, 5.74) is 3.35. The lowest BCUT2D eigenvalue weighted by atomic mass is 9.82. The van der Waals surface area contributed by atoms with E-state index in [-0.39, 0.29) is 48.7 Å². The summed E-state index contributed by atoms with van der Waals surface area (Å²) in [7, 11) is 0. The van der Waals surface area contributed by atoms with Crippen LogP contribution in [0.4, 0.5) is 22.7 Å². The molecule has 0 aromatic heterocycles. The molecule has 0 radical (unpaired) electrons. The van der Waals surface area contributed by atoms with E-state index in [1.807, 2.05) is 0 Å². The molecule has 0 unspecified atom stereocenters. The molecule has 4 N–H and O–H groups in total. The highest BCUT2D eigenvalue weighted by Gasteiger charge is 2.37. The van der Waals surface area contributed by atoms with Crippen LogP contribution in [-0.4, -0.2) is 107 Å². The van der Waals surface area contributed by atoms with Gasteiger partial charge in [-0.1, -0.05) is 34.7 Å². The number of carbonyl (C=O) groups excluding carboxylic acids is 4. The highest BCUT2D eigenvalue weighted by molar-refractivity contribution is 6.41. The Bertz CT molecular complexity index is 2600. The quantitative estimate of drug-likeness (QED) is 0.0442. The minimum absolute atomic E-state index is 0.0862. The average Bonchev–Trinajstić information content (AvgIpc) is 3.27. The second kappa shape index (κ2) is 15.5. The van der Waals surface area contributed by atoms with E-state index in [9.17, 15) is 39.6 Å². The molecular weight excluding hydrogens is 769 g/mol. The summed E-state index contributed by atoms with van der Waals surface area (Å²) in [6.45, 7) is 0.989. The summed E-state index contributed by atoms with van der Waals surface area (Å²) >= 11 is 0. The van der Waals surface area contributed by atoms with Crippen LogP contribution < -0.4 is 9.80 Å². The number of anilines is 2. The number of nitrogens with zero attached hydrogens (tertiary/aromatic N) is 8. The van der Waals surface area contributed by atoms with Gasteiger partial charge in [-0.15, -0.1) is 20.2 Å². The third kappa shape index (κ3) is 6.17. The summed E-state index contributed by atoms with van der Waals surface area (Å²) in [5, 5.41) is 60.8. The Morgan fingerprint density at radius 2 is 0.667 bits per heavy atom. The number of aliphatic hydroxyl groups excluding tert-OH is 4. The fourth-order valence-corrected chi connectivity index (χ4v) is 8.28. The van der Waals surface area contributed by atoms with Crippen LogP contribution in [-0.2, 0) is 0 Å². The van der Waals surface area contributed by atoms with Crippen molar-refractivity contribution in [3.63, 3.8) is 0 Å². The molecule has 16 heteroatoms. The van der Waals surface area contributed by atoms with Crippen LogP contribution in [0.2, 0.25) is 0 Å². The van der Waals surface area contributed by atoms with Gasteiger partial charge in [-0.3, -0.25) is 19.2 Å². The molecule has 7 aromatic carbocycles. The van der Waals surface area contributed by atoms with E-state index in [0.717, 1.165) is 42.9 Å². The Hall–Kier alpha value is -7.24. The lowest BCUT2D eigenvalue weighted by Gasteiger charge is -2.26. The molecular formula is C44H36N8O8. The smallest absolute Gasteiger partial charge is 0.283 e. The largest absolute Gasteiger partial charge is 0.395 e. The lowest BCUT2D eigenvalue weighted by molar-refractivity contribution is 0.0587. The van der Waals surface area contributed by atoms with Gasteiger partial charge in [0.1, 0.15) is 0 Å². The summed E-state index contributed by atoms with van der Waals surface area (Å²) in [5.74, 6) is -2.57. The normalized spacial score (nSPS) is 14.1. The number of rotatable bonds is 14. The van der Waals surface area contributed by atoms with Crippen molar-refractivity contribution in [3.05, 3.63) is 119 Å². The zero-order valence-electron chi connectivity index (χ0n) is 31.9. The fourth-order valence-electron chi connectivity index (χ4n) is 8.28. The summed E-state index contributed by atoms with van der Waals surface area (Å²) < 4.78 is 0. The van der Waals surface area contributed by atoms with Crippen molar-refractivity contribution in [2.75, 3.05) is 62.4 Å². The first-order valence-electron chi connectivity index (χ1n) is 19.2. The Labute approximate surface area is 340 Å². The maximum atomic E-state index is 13.9. The number of hydrogen-bond donors (Lipinski definition) is 4. The van der Waals surface area contributed by atoms with Gasteiger partial charge in [-0.05, 0) is 105 Å². The van der Waals surface area contributed by atoms with Crippen molar-refractivity contribution in [3.8, 4) is 0 Å². The first-order chi connectivity index (χ1) is 29.3. The molecule has 0 saturated heterocycles. The van der Waals surface area contributed by atoms with Crippen molar-refractivity contribution < 1.29 is 39.6 Å². The van der Waals surface area contributed by atoms with E-state index in [4.69, 9.17) is 0 Å². The van der Waals surface area contributed by atoms with Crippen molar-refractivity contribution in [1.82, 2.24) is 10.0 Å². The average molecular weight is 805 g/mol. The molecule has 2 aliphatic heterocycles. The fraction of sp³-hybridized carbons (Fsp3) is 0.182. The Morgan fingerprint density at radius 1 is 0.383 bits per heavy atom.